The number of carbonyl (C=O) groups is 5. The topological polar surface area (TPSA) is 159 Å². The van der Waals surface area contributed by atoms with Gasteiger partial charge >= 0.3 is 30.1 Å². The van der Waals surface area contributed by atoms with E-state index in [1.54, 1.807) is 67.2 Å². The molecule has 0 spiro atoms. The molecule has 0 unspecified atom stereocenters. The van der Waals surface area contributed by atoms with Crippen LogP contribution in [0.4, 0.5) is 9.59 Å². The minimum absolute atomic E-state index is 0.0915. The first-order valence-electron chi connectivity index (χ1n) is 11.9. The van der Waals surface area contributed by atoms with Crippen molar-refractivity contribution in [3.63, 3.8) is 0 Å². The lowest BCUT2D eigenvalue weighted by Crippen LogP contribution is -2.40. The molecule has 0 atom stereocenters. The smallest absolute Gasteiger partial charge is 0.408 e. The first-order valence-corrected chi connectivity index (χ1v) is 11.9. The third-order valence-corrected chi connectivity index (χ3v) is 3.67. The van der Waals surface area contributed by atoms with E-state index in [1.807, 2.05) is 0 Å². The Morgan fingerprint density at radius 2 is 0.919 bits per heavy atom. The van der Waals surface area contributed by atoms with Crippen LogP contribution in [-0.2, 0) is 38.1 Å². The second-order valence-corrected chi connectivity index (χ2v) is 11.0. The summed E-state index contributed by atoms with van der Waals surface area (Å²) < 4.78 is 25.6. The summed E-state index contributed by atoms with van der Waals surface area (Å²) in [6.07, 6.45) is -1.50. The predicted octanol–water partition coefficient (Wildman–Crippen LogP) is 1.77. The number of rotatable bonds is 12. The predicted molar refractivity (Wildman–Crippen MR) is 133 cm³/mol. The first-order chi connectivity index (χ1) is 16.8. The van der Waals surface area contributed by atoms with Gasteiger partial charge in [-0.25, -0.2) is 9.59 Å². The number of nitrogens with one attached hydrogen (secondary N) is 2. The maximum Gasteiger partial charge on any atom is 0.408 e. The summed E-state index contributed by atoms with van der Waals surface area (Å²) in [6.45, 7) is 14.5. The second kappa shape index (κ2) is 15.2. The fourth-order valence-corrected chi connectivity index (χ4v) is 2.42. The van der Waals surface area contributed by atoms with Gasteiger partial charge in [-0.1, -0.05) is 0 Å². The summed E-state index contributed by atoms with van der Waals surface area (Å²) in [5.41, 5.74) is -2.10. The fraction of sp³-hybridized carbons (Fsp3) is 0.792. The summed E-state index contributed by atoms with van der Waals surface area (Å²) in [6, 6.07) is 0. The van der Waals surface area contributed by atoms with E-state index in [4.69, 9.17) is 23.7 Å². The SMILES string of the molecule is CC(C)(C)OC(=O)CN(CCOC(=O)CNC(=O)OC(C)(C)C)CCOC(=O)CNC(=O)OC(C)(C)C. The van der Waals surface area contributed by atoms with E-state index in [1.165, 1.54) is 0 Å². The van der Waals surface area contributed by atoms with E-state index in [2.05, 4.69) is 10.6 Å². The molecule has 0 aromatic carbocycles. The Morgan fingerprint density at radius 1 is 0.568 bits per heavy atom. The quantitative estimate of drug-likeness (QED) is 0.278. The molecule has 2 amide bonds. The molecule has 0 fully saturated rings. The van der Waals surface area contributed by atoms with Gasteiger partial charge in [0.25, 0.3) is 0 Å². The van der Waals surface area contributed by atoms with E-state index < -0.39 is 46.9 Å². The number of hydrogen-bond acceptors (Lipinski definition) is 11. The molecule has 0 radical (unpaired) electrons. The molecular formula is C24H43N3O10. The summed E-state index contributed by atoms with van der Waals surface area (Å²) in [4.78, 5) is 60.9. The fourth-order valence-electron chi connectivity index (χ4n) is 2.42. The Hall–Kier alpha value is -3.09. The Kier molecular flexibility index (Phi) is 14.0. The van der Waals surface area contributed by atoms with E-state index in [9.17, 15) is 24.0 Å². The maximum absolute atomic E-state index is 12.2. The molecule has 13 heteroatoms. The molecule has 0 aliphatic rings. The van der Waals surface area contributed by atoms with Crippen molar-refractivity contribution in [2.75, 3.05) is 45.9 Å². The Bertz CT molecular complexity index is 729. The van der Waals surface area contributed by atoms with Crippen molar-refractivity contribution in [2.24, 2.45) is 0 Å². The van der Waals surface area contributed by atoms with Gasteiger partial charge in [0.1, 0.15) is 43.1 Å². The van der Waals surface area contributed by atoms with Crippen molar-refractivity contribution < 1.29 is 47.7 Å². The Labute approximate surface area is 218 Å². The highest BCUT2D eigenvalue weighted by Gasteiger charge is 2.21. The number of esters is 3. The lowest BCUT2D eigenvalue weighted by Gasteiger charge is -2.25. The van der Waals surface area contributed by atoms with Crippen LogP contribution in [0.3, 0.4) is 0 Å². The van der Waals surface area contributed by atoms with E-state index in [0.29, 0.717) is 0 Å². The number of ether oxygens (including phenoxy) is 5. The number of amides is 2. The van der Waals surface area contributed by atoms with Crippen LogP contribution in [0.15, 0.2) is 0 Å². The van der Waals surface area contributed by atoms with Crippen LogP contribution in [0.5, 0.6) is 0 Å². The average molecular weight is 534 g/mol. The lowest BCUT2D eigenvalue weighted by atomic mass is 10.2. The highest BCUT2D eigenvalue weighted by atomic mass is 16.6. The third kappa shape index (κ3) is 21.9. The molecule has 0 heterocycles. The zero-order valence-electron chi connectivity index (χ0n) is 23.5. The second-order valence-electron chi connectivity index (χ2n) is 11.0. The summed E-state index contributed by atoms with van der Waals surface area (Å²) in [5, 5.41) is 4.59. The lowest BCUT2D eigenvalue weighted by molar-refractivity contribution is -0.156. The van der Waals surface area contributed by atoms with Gasteiger partial charge in [0.15, 0.2) is 0 Å². The summed E-state index contributed by atoms with van der Waals surface area (Å²) in [5.74, 6) is -1.89. The average Bonchev–Trinajstić information content (AvgIpc) is 2.66. The van der Waals surface area contributed by atoms with Crippen molar-refractivity contribution >= 4 is 30.1 Å². The molecule has 0 aromatic heterocycles. The maximum atomic E-state index is 12.2. The monoisotopic (exact) mass is 533 g/mol. The van der Waals surface area contributed by atoms with Crippen LogP contribution < -0.4 is 10.6 Å². The van der Waals surface area contributed by atoms with Crippen molar-refractivity contribution in [3.05, 3.63) is 0 Å². The molecule has 13 nitrogen and oxygen atoms in total. The van der Waals surface area contributed by atoms with Crippen LogP contribution in [-0.4, -0.2) is 97.7 Å². The Morgan fingerprint density at radius 3 is 1.24 bits per heavy atom. The Balaban J connectivity index is 4.63. The molecule has 0 aliphatic heterocycles. The molecule has 0 aliphatic carbocycles. The van der Waals surface area contributed by atoms with Gasteiger partial charge in [0.05, 0.1) is 6.54 Å². The van der Waals surface area contributed by atoms with E-state index >= 15 is 0 Å². The van der Waals surface area contributed by atoms with Crippen LogP contribution in [0.25, 0.3) is 0 Å². The van der Waals surface area contributed by atoms with Gasteiger partial charge in [0.2, 0.25) is 0 Å². The molecule has 0 bridgehead atoms. The number of nitrogens with zero attached hydrogens (tertiary/aromatic N) is 1. The third-order valence-electron chi connectivity index (χ3n) is 3.67. The normalized spacial score (nSPS) is 11.8. The zero-order valence-corrected chi connectivity index (χ0v) is 23.5. The van der Waals surface area contributed by atoms with Gasteiger partial charge in [-0.15, -0.1) is 0 Å². The number of carbonyl (C=O) groups excluding carboxylic acids is 5. The largest absolute Gasteiger partial charge is 0.463 e. The van der Waals surface area contributed by atoms with Crippen LogP contribution in [0.2, 0.25) is 0 Å². The molecule has 2 N–H and O–H groups in total. The molecule has 214 valence electrons. The summed E-state index contributed by atoms with van der Waals surface area (Å²) >= 11 is 0. The van der Waals surface area contributed by atoms with Gasteiger partial charge in [-0.3, -0.25) is 19.3 Å². The van der Waals surface area contributed by atoms with Crippen molar-refractivity contribution in [2.45, 2.75) is 79.1 Å². The van der Waals surface area contributed by atoms with Crippen LogP contribution in [0, 0.1) is 0 Å². The zero-order chi connectivity index (χ0) is 28.9. The molecule has 37 heavy (non-hydrogen) atoms. The van der Waals surface area contributed by atoms with Gasteiger partial charge in [0, 0.05) is 13.1 Å². The minimum atomic E-state index is -0.751. The van der Waals surface area contributed by atoms with Crippen molar-refractivity contribution in [1.82, 2.24) is 15.5 Å². The molecule has 0 aromatic rings. The highest BCUT2D eigenvalue weighted by Crippen LogP contribution is 2.08. The van der Waals surface area contributed by atoms with E-state index in [0.717, 1.165) is 0 Å². The molecular weight excluding hydrogens is 490 g/mol. The molecule has 0 saturated carbocycles. The standard InChI is InChI=1S/C24H43N3O10/c1-22(2,3)35-19(30)16-27(10-12-33-17(28)14-25-20(31)36-23(4,5)6)11-13-34-18(29)15-26-21(32)37-24(7,8)9/h10-16H2,1-9H3,(H,25,31)(H,26,32). The minimum Gasteiger partial charge on any atom is -0.463 e. The highest BCUT2D eigenvalue weighted by molar-refractivity contribution is 5.78. The first kappa shape index (κ1) is 33.9. The van der Waals surface area contributed by atoms with Crippen LogP contribution >= 0.6 is 0 Å². The van der Waals surface area contributed by atoms with Crippen LogP contribution in [0.1, 0.15) is 62.3 Å². The molecule has 0 rings (SSSR count). The number of alkyl carbamates (subject to hydrolysis) is 2. The molecule has 0 saturated heterocycles. The van der Waals surface area contributed by atoms with Gasteiger partial charge in [-0.2, -0.15) is 0 Å². The summed E-state index contributed by atoms with van der Waals surface area (Å²) in [7, 11) is 0. The van der Waals surface area contributed by atoms with Crippen molar-refractivity contribution in [1.29, 1.82) is 0 Å². The van der Waals surface area contributed by atoms with E-state index in [-0.39, 0.29) is 45.9 Å². The van der Waals surface area contributed by atoms with Gasteiger partial charge in [-0.05, 0) is 62.3 Å². The van der Waals surface area contributed by atoms with Crippen molar-refractivity contribution in [3.8, 4) is 0 Å². The van der Waals surface area contributed by atoms with Gasteiger partial charge < -0.3 is 34.3 Å². The number of hydrogen-bond donors (Lipinski definition) is 2.